The normalized spacial score (nSPS) is 18.2. The van der Waals surface area contributed by atoms with Gasteiger partial charge in [-0.05, 0) is 37.5 Å². The first-order chi connectivity index (χ1) is 10.6. The Morgan fingerprint density at radius 2 is 1.95 bits per heavy atom. The number of aryl methyl sites for hydroxylation is 1. The van der Waals surface area contributed by atoms with Crippen LogP contribution in [0.25, 0.3) is 0 Å². The van der Waals surface area contributed by atoms with E-state index in [0.29, 0.717) is 12.5 Å². The van der Waals surface area contributed by atoms with Crippen molar-refractivity contribution >= 4 is 5.91 Å². The standard InChI is InChI=1S/C18H20N2O2/c1-13-9-10-16(17(21)19-13)18(22)20-11-5-8-15(12-20)14-6-3-2-4-7-14/h2-4,6-7,9-10,15H,5,8,11-12H2,1H3,(H,19,21). The van der Waals surface area contributed by atoms with E-state index in [0.717, 1.165) is 25.1 Å². The summed E-state index contributed by atoms with van der Waals surface area (Å²) in [4.78, 5) is 29.1. The first kappa shape index (κ1) is 14.6. The number of nitrogens with one attached hydrogen (secondary N) is 1. The number of rotatable bonds is 2. The molecule has 1 aliphatic rings. The summed E-state index contributed by atoms with van der Waals surface area (Å²) >= 11 is 0. The van der Waals surface area contributed by atoms with Gasteiger partial charge in [0.25, 0.3) is 11.5 Å². The van der Waals surface area contributed by atoms with Gasteiger partial charge in [-0.1, -0.05) is 30.3 Å². The van der Waals surface area contributed by atoms with Crippen LogP contribution in [0, 0.1) is 6.92 Å². The van der Waals surface area contributed by atoms with E-state index in [1.807, 2.05) is 25.1 Å². The van der Waals surface area contributed by atoms with E-state index in [1.165, 1.54) is 5.56 Å². The van der Waals surface area contributed by atoms with Gasteiger partial charge in [-0.25, -0.2) is 0 Å². The third-order valence-electron chi connectivity index (χ3n) is 4.27. The minimum atomic E-state index is -0.299. The lowest BCUT2D eigenvalue weighted by Gasteiger charge is -2.33. The maximum Gasteiger partial charge on any atom is 0.260 e. The lowest BCUT2D eigenvalue weighted by atomic mass is 9.90. The van der Waals surface area contributed by atoms with Crippen molar-refractivity contribution in [3.63, 3.8) is 0 Å². The van der Waals surface area contributed by atoms with Crippen LogP contribution in [0.3, 0.4) is 0 Å². The maximum absolute atomic E-state index is 12.6. The van der Waals surface area contributed by atoms with Gasteiger partial charge in [0.1, 0.15) is 5.56 Å². The van der Waals surface area contributed by atoms with E-state index in [2.05, 4.69) is 17.1 Å². The Labute approximate surface area is 129 Å². The van der Waals surface area contributed by atoms with Crippen LogP contribution in [0.2, 0.25) is 0 Å². The van der Waals surface area contributed by atoms with Gasteiger partial charge in [-0.3, -0.25) is 9.59 Å². The fourth-order valence-corrected chi connectivity index (χ4v) is 3.07. The second-order valence-electron chi connectivity index (χ2n) is 5.89. The van der Waals surface area contributed by atoms with Crippen LogP contribution < -0.4 is 5.56 Å². The lowest BCUT2D eigenvalue weighted by molar-refractivity contribution is 0.0705. The molecule has 4 heteroatoms. The van der Waals surface area contributed by atoms with Crippen molar-refractivity contribution in [3.05, 3.63) is 69.6 Å². The summed E-state index contributed by atoms with van der Waals surface area (Å²) in [6.45, 7) is 3.20. The second-order valence-corrected chi connectivity index (χ2v) is 5.89. The predicted octanol–water partition coefficient (Wildman–Crippen LogP) is 2.70. The topological polar surface area (TPSA) is 53.2 Å². The number of benzene rings is 1. The van der Waals surface area contributed by atoms with Crippen molar-refractivity contribution in [1.82, 2.24) is 9.88 Å². The number of amides is 1. The van der Waals surface area contributed by atoms with Crippen LogP contribution in [0.5, 0.6) is 0 Å². The van der Waals surface area contributed by atoms with E-state index in [-0.39, 0.29) is 17.0 Å². The molecule has 1 aliphatic heterocycles. The van der Waals surface area contributed by atoms with Gasteiger partial charge in [0.05, 0.1) is 0 Å². The molecule has 4 nitrogen and oxygen atoms in total. The van der Waals surface area contributed by atoms with E-state index >= 15 is 0 Å². The van der Waals surface area contributed by atoms with Crippen molar-refractivity contribution in [2.75, 3.05) is 13.1 Å². The number of piperidine rings is 1. The molecule has 22 heavy (non-hydrogen) atoms. The smallest absolute Gasteiger partial charge is 0.260 e. The fraction of sp³-hybridized carbons (Fsp3) is 0.333. The summed E-state index contributed by atoms with van der Waals surface area (Å²) in [5.74, 6) is 0.185. The zero-order valence-electron chi connectivity index (χ0n) is 12.7. The number of hydrogen-bond acceptors (Lipinski definition) is 2. The molecule has 0 saturated carbocycles. The summed E-state index contributed by atoms with van der Waals surface area (Å²) < 4.78 is 0. The number of pyridine rings is 1. The van der Waals surface area contributed by atoms with Gasteiger partial charge in [0.2, 0.25) is 0 Å². The molecule has 1 saturated heterocycles. The summed E-state index contributed by atoms with van der Waals surface area (Å²) in [6.07, 6.45) is 2.05. The maximum atomic E-state index is 12.6. The van der Waals surface area contributed by atoms with Crippen LogP contribution in [0.4, 0.5) is 0 Å². The summed E-state index contributed by atoms with van der Waals surface area (Å²) in [5.41, 5.74) is 1.96. The minimum absolute atomic E-state index is 0.165. The molecule has 1 aromatic heterocycles. The van der Waals surface area contributed by atoms with Crippen LogP contribution in [0.15, 0.2) is 47.3 Å². The Morgan fingerprint density at radius 1 is 1.18 bits per heavy atom. The number of likely N-dealkylation sites (tertiary alicyclic amines) is 1. The molecular weight excluding hydrogens is 276 g/mol. The lowest BCUT2D eigenvalue weighted by Crippen LogP contribution is -2.41. The van der Waals surface area contributed by atoms with Crippen molar-refractivity contribution in [3.8, 4) is 0 Å². The predicted molar refractivity (Wildman–Crippen MR) is 86.1 cm³/mol. The average Bonchev–Trinajstić information content (AvgIpc) is 2.55. The van der Waals surface area contributed by atoms with Crippen LogP contribution in [-0.4, -0.2) is 28.9 Å². The van der Waals surface area contributed by atoms with E-state index in [9.17, 15) is 9.59 Å². The minimum Gasteiger partial charge on any atom is -0.338 e. The molecule has 0 aliphatic carbocycles. The van der Waals surface area contributed by atoms with Gasteiger partial charge < -0.3 is 9.88 Å². The Bertz CT molecular complexity index is 721. The van der Waals surface area contributed by atoms with Crippen LogP contribution in [0.1, 0.15) is 40.4 Å². The first-order valence-electron chi connectivity index (χ1n) is 7.69. The number of nitrogens with zero attached hydrogens (tertiary/aromatic N) is 1. The zero-order chi connectivity index (χ0) is 15.5. The van der Waals surface area contributed by atoms with Gasteiger partial charge >= 0.3 is 0 Å². The SMILES string of the molecule is Cc1ccc(C(=O)N2CCCC(c3ccccc3)C2)c(=O)[nH]1. The summed E-state index contributed by atoms with van der Waals surface area (Å²) in [7, 11) is 0. The second kappa shape index (κ2) is 6.18. The van der Waals surface area contributed by atoms with Crippen LogP contribution >= 0.6 is 0 Å². The number of aromatic amines is 1. The highest BCUT2D eigenvalue weighted by Crippen LogP contribution is 2.27. The fourth-order valence-electron chi connectivity index (χ4n) is 3.07. The quantitative estimate of drug-likeness (QED) is 0.926. The molecule has 1 unspecified atom stereocenters. The molecule has 1 atom stereocenters. The molecule has 2 aromatic rings. The molecule has 1 amide bonds. The highest BCUT2D eigenvalue weighted by molar-refractivity contribution is 5.94. The molecule has 3 rings (SSSR count). The van der Waals surface area contributed by atoms with E-state index in [1.54, 1.807) is 17.0 Å². The van der Waals surface area contributed by atoms with Crippen molar-refractivity contribution in [1.29, 1.82) is 0 Å². The Morgan fingerprint density at radius 3 is 2.68 bits per heavy atom. The molecule has 114 valence electrons. The van der Waals surface area contributed by atoms with Crippen molar-refractivity contribution in [2.24, 2.45) is 0 Å². The summed E-state index contributed by atoms with van der Waals surface area (Å²) in [6, 6.07) is 13.7. The molecule has 1 fully saturated rings. The highest BCUT2D eigenvalue weighted by atomic mass is 16.2. The Kier molecular flexibility index (Phi) is 4.09. The molecule has 1 aromatic carbocycles. The van der Waals surface area contributed by atoms with E-state index in [4.69, 9.17) is 0 Å². The number of carbonyl (C=O) groups excluding carboxylic acids is 1. The molecule has 2 heterocycles. The highest BCUT2D eigenvalue weighted by Gasteiger charge is 2.26. The third-order valence-corrected chi connectivity index (χ3v) is 4.27. The van der Waals surface area contributed by atoms with Crippen molar-refractivity contribution in [2.45, 2.75) is 25.7 Å². The number of H-pyrrole nitrogens is 1. The first-order valence-corrected chi connectivity index (χ1v) is 7.69. The number of hydrogen-bond donors (Lipinski definition) is 1. The summed E-state index contributed by atoms with van der Waals surface area (Å²) in [5, 5.41) is 0. The Hall–Kier alpha value is -2.36. The molecule has 0 radical (unpaired) electrons. The van der Waals surface area contributed by atoms with Gasteiger partial charge in [-0.15, -0.1) is 0 Å². The van der Waals surface area contributed by atoms with E-state index < -0.39 is 0 Å². The van der Waals surface area contributed by atoms with Gasteiger partial charge in [0, 0.05) is 24.7 Å². The number of aromatic nitrogens is 1. The largest absolute Gasteiger partial charge is 0.338 e. The molecule has 0 spiro atoms. The monoisotopic (exact) mass is 296 g/mol. The third kappa shape index (κ3) is 2.96. The zero-order valence-corrected chi connectivity index (χ0v) is 12.7. The Balaban J connectivity index is 1.80. The van der Waals surface area contributed by atoms with Gasteiger partial charge in [-0.2, -0.15) is 0 Å². The van der Waals surface area contributed by atoms with Crippen LogP contribution in [-0.2, 0) is 0 Å². The molecule has 0 bridgehead atoms. The average molecular weight is 296 g/mol. The van der Waals surface area contributed by atoms with Gasteiger partial charge in [0.15, 0.2) is 0 Å². The van der Waals surface area contributed by atoms with Crippen molar-refractivity contribution < 1.29 is 4.79 Å². The molecule has 1 N–H and O–H groups in total. The molecular formula is C18H20N2O2. The number of carbonyl (C=O) groups is 1.